The highest BCUT2D eigenvalue weighted by molar-refractivity contribution is 5.11. The first-order valence-corrected chi connectivity index (χ1v) is 6.50. The van der Waals surface area contributed by atoms with E-state index in [1.807, 2.05) is 24.1 Å². The summed E-state index contributed by atoms with van der Waals surface area (Å²) in [5.41, 5.74) is 7.12. The van der Waals surface area contributed by atoms with E-state index in [0.29, 0.717) is 12.5 Å². The van der Waals surface area contributed by atoms with Gasteiger partial charge in [-0.05, 0) is 5.92 Å². The number of aryl methyl sites for hydroxylation is 1. The van der Waals surface area contributed by atoms with Gasteiger partial charge in [-0.3, -0.25) is 9.58 Å². The first kappa shape index (κ1) is 15.1. The summed E-state index contributed by atoms with van der Waals surface area (Å²) < 4.78 is 7.01. The Kier molecular flexibility index (Phi) is 6.32. The zero-order valence-corrected chi connectivity index (χ0v) is 12.0. The molecule has 1 rings (SSSR count). The van der Waals surface area contributed by atoms with Gasteiger partial charge in [-0.25, -0.2) is 0 Å². The lowest BCUT2D eigenvalue weighted by atomic mass is 10.1. The first-order chi connectivity index (χ1) is 8.58. The molecule has 0 radical (unpaired) electrons. The normalized spacial score (nSPS) is 13.5. The topological polar surface area (TPSA) is 56.3 Å². The molecule has 0 spiro atoms. The lowest BCUT2D eigenvalue weighted by Gasteiger charge is -2.31. The Labute approximate surface area is 110 Å². The van der Waals surface area contributed by atoms with E-state index in [1.54, 1.807) is 7.11 Å². The molecule has 0 saturated heterocycles. The second-order valence-corrected chi connectivity index (χ2v) is 5.08. The van der Waals surface area contributed by atoms with Crippen LogP contribution in [0.5, 0.6) is 0 Å². The molecular formula is C13H26N4O. The second-order valence-electron chi connectivity index (χ2n) is 5.08. The number of methoxy groups -OCH3 is 1. The number of nitrogens with zero attached hydrogens (tertiary/aromatic N) is 3. The van der Waals surface area contributed by atoms with Crippen LogP contribution in [0.4, 0.5) is 0 Å². The highest BCUT2D eigenvalue weighted by atomic mass is 16.5. The molecule has 1 unspecified atom stereocenters. The summed E-state index contributed by atoms with van der Waals surface area (Å²) in [5, 5.41) is 4.23. The number of hydrogen-bond acceptors (Lipinski definition) is 4. The van der Waals surface area contributed by atoms with Crippen LogP contribution in [0.3, 0.4) is 0 Å². The van der Waals surface area contributed by atoms with Crippen molar-refractivity contribution < 1.29 is 4.74 Å². The Morgan fingerprint density at radius 1 is 1.50 bits per heavy atom. The maximum Gasteiger partial charge on any atom is 0.0589 e. The molecule has 5 nitrogen and oxygen atoms in total. The van der Waals surface area contributed by atoms with Crippen molar-refractivity contribution in [2.75, 3.05) is 33.4 Å². The number of aromatic nitrogens is 2. The largest absolute Gasteiger partial charge is 0.383 e. The van der Waals surface area contributed by atoms with E-state index in [1.165, 1.54) is 5.56 Å². The number of nitrogens with two attached hydrogens (primary N) is 1. The Balaban J connectivity index is 2.78. The minimum absolute atomic E-state index is 0.219. The van der Waals surface area contributed by atoms with Gasteiger partial charge in [0.05, 0.1) is 18.8 Å². The smallest absolute Gasteiger partial charge is 0.0589 e. The summed E-state index contributed by atoms with van der Waals surface area (Å²) in [4.78, 5) is 2.38. The van der Waals surface area contributed by atoms with Crippen molar-refractivity contribution in [3.8, 4) is 0 Å². The Morgan fingerprint density at radius 2 is 2.22 bits per heavy atom. The maximum atomic E-state index is 5.94. The van der Waals surface area contributed by atoms with E-state index in [-0.39, 0.29) is 6.04 Å². The molecule has 0 aliphatic rings. The van der Waals surface area contributed by atoms with E-state index >= 15 is 0 Å². The van der Waals surface area contributed by atoms with Gasteiger partial charge in [0.1, 0.15) is 0 Å². The van der Waals surface area contributed by atoms with Gasteiger partial charge < -0.3 is 10.5 Å². The third-order valence-electron chi connectivity index (χ3n) is 2.96. The lowest BCUT2D eigenvalue weighted by Crippen LogP contribution is -2.38. The molecule has 0 bridgehead atoms. The SMILES string of the molecule is COCCN(CC(C)C)C(CN)c1cnn(C)c1. The van der Waals surface area contributed by atoms with E-state index in [4.69, 9.17) is 10.5 Å². The summed E-state index contributed by atoms with van der Waals surface area (Å²) >= 11 is 0. The van der Waals surface area contributed by atoms with Crippen molar-refractivity contribution in [1.29, 1.82) is 0 Å². The van der Waals surface area contributed by atoms with E-state index in [9.17, 15) is 0 Å². The Morgan fingerprint density at radius 3 is 2.67 bits per heavy atom. The van der Waals surface area contributed by atoms with Crippen molar-refractivity contribution >= 4 is 0 Å². The number of rotatable bonds is 8. The quantitative estimate of drug-likeness (QED) is 0.752. The molecule has 104 valence electrons. The van der Waals surface area contributed by atoms with Crippen LogP contribution in [0.1, 0.15) is 25.5 Å². The van der Waals surface area contributed by atoms with Gasteiger partial charge >= 0.3 is 0 Å². The highest BCUT2D eigenvalue weighted by Crippen LogP contribution is 2.20. The molecule has 0 fully saturated rings. The molecule has 0 amide bonds. The summed E-state index contributed by atoms with van der Waals surface area (Å²) in [6, 6.07) is 0.219. The van der Waals surface area contributed by atoms with Crippen molar-refractivity contribution in [3.05, 3.63) is 18.0 Å². The van der Waals surface area contributed by atoms with Crippen LogP contribution in [0.2, 0.25) is 0 Å². The zero-order valence-electron chi connectivity index (χ0n) is 12.0. The van der Waals surface area contributed by atoms with Crippen LogP contribution in [-0.4, -0.2) is 48.0 Å². The van der Waals surface area contributed by atoms with E-state index in [0.717, 1.165) is 19.7 Å². The summed E-state index contributed by atoms with van der Waals surface area (Å²) in [6.45, 7) is 7.67. The standard InChI is InChI=1S/C13H26N4O/c1-11(2)9-17(5-6-18-4)13(7-14)12-8-15-16(3)10-12/h8,10-11,13H,5-7,9,14H2,1-4H3. The maximum absolute atomic E-state index is 5.94. The fourth-order valence-corrected chi connectivity index (χ4v) is 2.16. The molecule has 1 heterocycles. The molecule has 1 atom stereocenters. The minimum Gasteiger partial charge on any atom is -0.383 e. The van der Waals surface area contributed by atoms with Gasteiger partial charge in [-0.2, -0.15) is 5.10 Å². The second kappa shape index (κ2) is 7.51. The van der Waals surface area contributed by atoms with Crippen LogP contribution < -0.4 is 5.73 Å². The van der Waals surface area contributed by atoms with Crippen LogP contribution in [0.15, 0.2) is 12.4 Å². The summed E-state index contributed by atoms with van der Waals surface area (Å²) in [6.07, 6.45) is 3.94. The minimum atomic E-state index is 0.219. The molecule has 0 aliphatic carbocycles. The van der Waals surface area contributed by atoms with Crippen molar-refractivity contribution in [1.82, 2.24) is 14.7 Å². The molecule has 5 heteroatoms. The van der Waals surface area contributed by atoms with Crippen molar-refractivity contribution in [2.45, 2.75) is 19.9 Å². The molecule has 1 aromatic heterocycles. The molecule has 2 N–H and O–H groups in total. The number of ether oxygens (including phenoxy) is 1. The Bertz CT molecular complexity index is 337. The third kappa shape index (κ3) is 4.40. The molecule has 18 heavy (non-hydrogen) atoms. The van der Waals surface area contributed by atoms with E-state index in [2.05, 4.69) is 23.8 Å². The lowest BCUT2D eigenvalue weighted by molar-refractivity contribution is 0.112. The predicted molar refractivity (Wildman–Crippen MR) is 73.3 cm³/mol. The molecule has 0 saturated carbocycles. The fraction of sp³-hybridized carbons (Fsp3) is 0.769. The van der Waals surface area contributed by atoms with Crippen molar-refractivity contribution in [2.24, 2.45) is 18.7 Å². The number of hydrogen-bond donors (Lipinski definition) is 1. The third-order valence-corrected chi connectivity index (χ3v) is 2.96. The highest BCUT2D eigenvalue weighted by Gasteiger charge is 2.20. The zero-order chi connectivity index (χ0) is 13.5. The van der Waals surface area contributed by atoms with Gasteiger partial charge in [-0.15, -0.1) is 0 Å². The van der Waals surface area contributed by atoms with Gasteiger partial charge in [-0.1, -0.05) is 13.8 Å². The summed E-state index contributed by atoms with van der Waals surface area (Å²) in [7, 11) is 3.66. The first-order valence-electron chi connectivity index (χ1n) is 6.50. The van der Waals surface area contributed by atoms with Crippen molar-refractivity contribution in [3.63, 3.8) is 0 Å². The molecule has 0 aliphatic heterocycles. The van der Waals surface area contributed by atoms with Gasteiger partial charge in [0.15, 0.2) is 0 Å². The van der Waals surface area contributed by atoms with Crippen LogP contribution in [-0.2, 0) is 11.8 Å². The van der Waals surface area contributed by atoms with Gasteiger partial charge in [0, 0.05) is 45.6 Å². The summed E-state index contributed by atoms with van der Waals surface area (Å²) in [5.74, 6) is 0.604. The van der Waals surface area contributed by atoms with Crippen LogP contribution >= 0.6 is 0 Å². The molecular weight excluding hydrogens is 228 g/mol. The molecule has 0 aromatic carbocycles. The average molecular weight is 254 g/mol. The average Bonchev–Trinajstić information content (AvgIpc) is 2.72. The fourth-order valence-electron chi connectivity index (χ4n) is 2.16. The van der Waals surface area contributed by atoms with E-state index < -0.39 is 0 Å². The predicted octanol–water partition coefficient (Wildman–Crippen LogP) is 1.02. The van der Waals surface area contributed by atoms with Gasteiger partial charge in [0.25, 0.3) is 0 Å². The molecule has 1 aromatic rings. The Hall–Kier alpha value is -0.910. The van der Waals surface area contributed by atoms with Gasteiger partial charge in [0.2, 0.25) is 0 Å². The monoisotopic (exact) mass is 254 g/mol. The van der Waals surface area contributed by atoms with Crippen LogP contribution in [0, 0.1) is 5.92 Å². The van der Waals surface area contributed by atoms with Crippen LogP contribution in [0.25, 0.3) is 0 Å².